The zero-order valence-corrected chi connectivity index (χ0v) is 10.1. The summed E-state index contributed by atoms with van der Waals surface area (Å²) in [6, 6.07) is 5.79. The van der Waals surface area contributed by atoms with Gasteiger partial charge in [0.15, 0.2) is 0 Å². The zero-order chi connectivity index (χ0) is 12.7. The molecule has 0 radical (unpaired) electrons. The van der Waals surface area contributed by atoms with Crippen molar-refractivity contribution >= 4 is 27.8 Å². The second-order valence-corrected chi connectivity index (χ2v) is 4.21. The van der Waals surface area contributed by atoms with Crippen molar-refractivity contribution in [2.24, 2.45) is 0 Å². The van der Waals surface area contributed by atoms with Gasteiger partial charge in [0.25, 0.3) is 5.56 Å². The molecule has 0 saturated carbocycles. The molecule has 0 amide bonds. The molecule has 2 aromatic heterocycles. The van der Waals surface area contributed by atoms with Crippen molar-refractivity contribution in [1.29, 1.82) is 0 Å². The Kier molecular flexibility index (Phi) is 2.26. The van der Waals surface area contributed by atoms with Crippen LogP contribution in [-0.2, 0) is 0 Å². The number of fused-ring (bicyclic) bond motifs is 3. The summed E-state index contributed by atoms with van der Waals surface area (Å²) in [5.41, 5.74) is 1.48. The van der Waals surface area contributed by atoms with Gasteiger partial charge in [0.1, 0.15) is 5.65 Å². The largest absolute Gasteiger partial charge is 0.357 e. The van der Waals surface area contributed by atoms with Gasteiger partial charge in [-0.1, -0.05) is 17.7 Å². The number of benzene rings is 1. The zero-order valence-electron chi connectivity index (χ0n) is 10.1. The Balaban J connectivity index is 2.50. The number of hydrogen-bond acceptors (Lipinski definition) is 4. The lowest BCUT2D eigenvalue weighted by Gasteiger charge is -2.05. The molecular weight excluding hydrogens is 228 g/mol. The van der Waals surface area contributed by atoms with Crippen molar-refractivity contribution in [1.82, 2.24) is 15.0 Å². The Morgan fingerprint density at radius 1 is 1.22 bits per heavy atom. The molecule has 0 unspecified atom stereocenters. The molecule has 2 N–H and O–H groups in total. The molecule has 1 aromatic carbocycles. The minimum absolute atomic E-state index is 0.123. The van der Waals surface area contributed by atoms with Crippen LogP contribution in [0.4, 0.5) is 5.95 Å². The van der Waals surface area contributed by atoms with Gasteiger partial charge >= 0.3 is 0 Å². The van der Waals surface area contributed by atoms with E-state index in [0.29, 0.717) is 17.0 Å². The molecule has 18 heavy (non-hydrogen) atoms. The van der Waals surface area contributed by atoms with Crippen LogP contribution >= 0.6 is 0 Å². The SMILES string of the molecule is CNc1ncc2c(n1)[nH]c(=O)c1cc(C)ccc12. The molecule has 5 nitrogen and oxygen atoms in total. The van der Waals surface area contributed by atoms with Crippen LogP contribution in [0.15, 0.2) is 29.2 Å². The van der Waals surface area contributed by atoms with Crippen LogP contribution in [0, 0.1) is 6.92 Å². The van der Waals surface area contributed by atoms with E-state index in [9.17, 15) is 4.79 Å². The third-order valence-electron chi connectivity index (χ3n) is 2.95. The van der Waals surface area contributed by atoms with Crippen molar-refractivity contribution in [3.63, 3.8) is 0 Å². The van der Waals surface area contributed by atoms with Gasteiger partial charge in [-0.2, -0.15) is 4.98 Å². The molecule has 0 atom stereocenters. The fraction of sp³-hybridized carbons (Fsp3) is 0.154. The molecule has 0 aliphatic carbocycles. The summed E-state index contributed by atoms with van der Waals surface area (Å²) in [5, 5.41) is 5.25. The molecule has 0 fully saturated rings. The van der Waals surface area contributed by atoms with Gasteiger partial charge in [-0.25, -0.2) is 4.98 Å². The van der Waals surface area contributed by atoms with E-state index in [0.717, 1.165) is 16.3 Å². The first-order chi connectivity index (χ1) is 8.69. The van der Waals surface area contributed by atoms with E-state index in [-0.39, 0.29) is 5.56 Å². The van der Waals surface area contributed by atoms with Gasteiger partial charge in [0, 0.05) is 24.0 Å². The number of pyridine rings is 1. The van der Waals surface area contributed by atoms with Gasteiger partial charge < -0.3 is 10.3 Å². The molecule has 2 heterocycles. The Morgan fingerprint density at radius 3 is 2.83 bits per heavy atom. The van der Waals surface area contributed by atoms with E-state index < -0.39 is 0 Å². The second-order valence-electron chi connectivity index (χ2n) is 4.21. The average molecular weight is 240 g/mol. The summed E-state index contributed by atoms with van der Waals surface area (Å²) in [6.45, 7) is 1.96. The lowest BCUT2D eigenvalue weighted by Crippen LogP contribution is -2.08. The average Bonchev–Trinajstić information content (AvgIpc) is 2.38. The fourth-order valence-corrected chi connectivity index (χ4v) is 2.05. The lowest BCUT2D eigenvalue weighted by atomic mass is 10.1. The van der Waals surface area contributed by atoms with Crippen molar-refractivity contribution in [2.45, 2.75) is 6.92 Å². The second kappa shape index (κ2) is 3.80. The minimum atomic E-state index is -0.123. The van der Waals surface area contributed by atoms with Crippen LogP contribution in [0.3, 0.4) is 0 Å². The molecule has 3 aromatic rings. The number of aryl methyl sites for hydroxylation is 1. The molecular formula is C13H12N4O. The van der Waals surface area contributed by atoms with E-state index in [4.69, 9.17) is 0 Å². The molecule has 0 aliphatic heterocycles. The van der Waals surface area contributed by atoms with Gasteiger partial charge in [-0.3, -0.25) is 4.79 Å². The first-order valence-corrected chi connectivity index (χ1v) is 5.66. The minimum Gasteiger partial charge on any atom is -0.357 e. The van der Waals surface area contributed by atoms with Gasteiger partial charge in [0.2, 0.25) is 5.95 Å². The standard InChI is InChI=1S/C13H12N4O/c1-7-3-4-8-9(5-7)12(18)16-11-10(8)6-15-13(14-2)17-11/h3-6H,1-2H3,(H2,14,15,16,17,18). The highest BCUT2D eigenvalue weighted by Gasteiger charge is 2.07. The van der Waals surface area contributed by atoms with E-state index >= 15 is 0 Å². The number of nitrogens with one attached hydrogen (secondary N) is 2. The first-order valence-electron chi connectivity index (χ1n) is 5.66. The van der Waals surface area contributed by atoms with Gasteiger partial charge in [0.05, 0.1) is 0 Å². The Morgan fingerprint density at radius 2 is 2.06 bits per heavy atom. The quantitative estimate of drug-likeness (QED) is 0.636. The van der Waals surface area contributed by atoms with Crippen LogP contribution in [0.5, 0.6) is 0 Å². The lowest BCUT2D eigenvalue weighted by molar-refractivity contribution is 1.16. The maximum atomic E-state index is 12.0. The van der Waals surface area contributed by atoms with Crippen molar-refractivity contribution < 1.29 is 0 Å². The molecule has 0 bridgehead atoms. The summed E-state index contributed by atoms with van der Waals surface area (Å²) in [6.07, 6.45) is 1.72. The van der Waals surface area contributed by atoms with Crippen molar-refractivity contribution in [3.8, 4) is 0 Å². The smallest absolute Gasteiger partial charge is 0.257 e. The molecule has 0 saturated heterocycles. The number of aromatic nitrogens is 3. The molecule has 0 aliphatic rings. The number of rotatable bonds is 1. The highest BCUT2D eigenvalue weighted by atomic mass is 16.1. The third kappa shape index (κ3) is 1.52. The third-order valence-corrected chi connectivity index (χ3v) is 2.95. The van der Waals surface area contributed by atoms with Crippen LogP contribution in [-0.4, -0.2) is 22.0 Å². The highest BCUT2D eigenvalue weighted by molar-refractivity contribution is 6.03. The maximum absolute atomic E-state index is 12.0. The van der Waals surface area contributed by atoms with Crippen molar-refractivity contribution in [2.75, 3.05) is 12.4 Å². The summed E-state index contributed by atoms with van der Waals surface area (Å²) < 4.78 is 0. The number of anilines is 1. The summed E-state index contributed by atoms with van der Waals surface area (Å²) in [7, 11) is 1.74. The monoisotopic (exact) mass is 240 g/mol. The Bertz CT molecular complexity index is 807. The number of nitrogens with zero attached hydrogens (tertiary/aromatic N) is 2. The van der Waals surface area contributed by atoms with Crippen LogP contribution < -0.4 is 10.9 Å². The van der Waals surface area contributed by atoms with E-state index in [1.807, 2.05) is 25.1 Å². The summed E-state index contributed by atoms with van der Waals surface area (Å²) in [5.74, 6) is 0.490. The number of H-pyrrole nitrogens is 1. The van der Waals surface area contributed by atoms with Gasteiger partial charge in [-0.15, -0.1) is 0 Å². The maximum Gasteiger partial charge on any atom is 0.257 e. The van der Waals surface area contributed by atoms with Crippen LogP contribution in [0.25, 0.3) is 21.8 Å². The van der Waals surface area contributed by atoms with Crippen LogP contribution in [0.2, 0.25) is 0 Å². The summed E-state index contributed by atoms with van der Waals surface area (Å²) >= 11 is 0. The molecule has 90 valence electrons. The normalized spacial score (nSPS) is 11.0. The Hall–Kier alpha value is -2.43. The van der Waals surface area contributed by atoms with Gasteiger partial charge in [-0.05, 0) is 18.4 Å². The van der Waals surface area contributed by atoms with Crippen molar-refractivity contribution in [3.05, 3.63) is 40.3 Å². The molecule has 5 heteroatoms. The van der Waals surface area contributed by atoms with E-state index in [1.165, 1.54) is 0 Å². The highest BCUT2D eigenvalue weighted by Crippen LogP contribution is 2.20. The first kappa shape index (κ1) is 10.7. The predicted molar refractivity (Wildman–Crippen MR) is 71.9 cm³/mol. The fourth-order valence-electron chi connectivity index (χ4n) is 2.05. The van der Waals surface area contributed by atoms with E-state index in [1.54, 1.807) is 13.2 Å². The topological polar surface area (TPSA) is 70.7 Å². The molecule has 0 spiro atoms. The molecule has 3 rings (SSSR count). The van der Waals surface area contributed by atoms with E-state index in [2.05, 4.69) is 20.3 Å². The predicted octanol–water partition coefficient (Wildman–Crippen LogP) is 1.82. The number of hydrogen-bond donors (Lipinski definition) is 2. The van der Waals surface area contributed by atoms with Crippen LogP contribution in [0.1, 0.15) is 5.56 Å². The summed E-state index contributed by atoms with van der Waals surface area (Å²) in [4.78, 5) is 23.2. The number of aromatic amines is 1. The Labute approximate surface area is 103 Å².